The van der Waals surface area contributed by atoms with E-state index in [4.69, 9.17) is 4.74 Å². The number of benzene rings is 1. The second kappa shape index (κ2) is 6.84. The van der Waals surface area contributed by atoms with Gasteiger partial charge in [0.15, 0.2) is 0 Å². The van der Waals surface area contributed by atoms with Gasteiger partial charge in [-0.3, -0.25) is 14.9 Å². The molecule has 7 heteroatoms. The van der Waals surface area contributed by atoms with Gasteiger partial charge in [0.1, 0.15) is 18.0 Å². The quantitative estimate of drug-likeness (QED) is 0.750. The third-order valence-electron chi connectivity index (χ3n) is 4.39. The molecule has 1 unspecified atom stereocenters. The molecule has 1 aliphatic rings. The molecule has 1 N–H and O–H groups in total. The number of nitrogens with zero attached hydrogens (tertiary/aromatic N) is 2. The number of hydrogen-bond donors (Lipinski definition) is 1. The number of carbonyl (C=O) groups excluding carboxylic acids is 2. The average molecular weight is 367 g/mol. The van der Waals surface area contributed by atoms with Crippen LogP contribution in [-0.4, -0.2) is 25.9 Å². The van der Waals surface area contributed by atoms with E-state index in [1.165, 1.54) is 0 Å². The van der Waals surface area contributed by atoms with Gasteiger partial charge in [0.25, 0.3) is 5.24 Å². The number of imide groups is 1. The Balaban J connectivity index is 1.40. The minimum Gasteiger partial charge on any atom is -0.487 e. The van der Waals surface area contributed by atoms with E-state index >= 15 is 0 Å². The molecular weight excluding hydrogens is 350 g/mol. The zero-order chi connectivity index (χ0) is 18.1. The molecule has 2 amide bonds. The van der Waals surface area contributed by atoms with Crippen LogP contribution < -0.4 is 10.1 Å². The van der Waals surface area contributed by atoms with Crippen LogP contribution in [0.15, 0.2) is 48.7 Å². The topological polar surface area (TPSA) is 73.2 Å². The number of hydrogen-bond acceptors (Lipinski definition) is 5. The number of carbonyl (C=O) groups is 2. The van der Waals surface area contributed by atoms with Gasteiger partial charge in [-0.25, -0.2) is 4.98 Å². The minimum atomic E-state index is -0.349. The fourth-order valence-corrected chi connectivity index (χ4v) is 3.83. The maximum atomic E-state index is 11.6. The van der Waals surface area contributed by atoms with E-state index in [9.17, 15) is 9.59 Å². The van der Waals surface area contributed by atoms with Gasteiger partial charge in [-0.15, -0.1) is 0 Å². The van der Waals surface area contributed by atoms with Gasteiger partial charge in [0, 0.05) is 18.6 Å². The number of rotatable bonds is 5. The maximum absolute atomic E-state index is 11.6. The van der Waals surface area contributed by atoms with Gasteiger partial charge in [-0.05, 0) is 42.3 Å². The van der Waals surface area contributed by atoms with Crippen LogP contribution in [0.4, 0.5) is 4.79 Å². The molecule has 1 aliphatic heterocycles. The van der Waals surface area contributed by atoms with Crippen molar-refractivity contribution >= 4 is 33.9 Å². The van der Waals surface area contributed by atoms with Crippen molar-refractivity contribution in [1.29, 1.82) is 0 Å². The minimum absolute atomic E-state index is 0.218. The number of thioether (sulfide) groups is 1. The van der Waals surface area contributed by atoms with Crippen molar-refractivity contribution in [2.45, 2.75) is 18.3 Å². The van der Waals surface area contributed by atoms with Crippen LogP contribution in [0.25, 0.3) is 11.0 Å². The summed E-state index contributed by atoms with van der Waals surface area (Å²) in [6, 6.07) is 13.6. The van der Waals surface area contributed by atoms with Crippen LogP contribution in [0.5, 0.6) is 5.75 Å². The lowest BCUT2D eigenvalue weighted by Crippen LogP contribution is -2.25. The molecule has 1 fully saturated rings. The molecule has 0 spiro atoms. The summed E-state index contributed by atoms with van der Waals surface area (Å²) in [5.41, 5.74) is 2.97. The molecular formula is C19H17N3O3S. The largest absolute Gasteiger partial charge is 0.487 e. The highest BCUT2D eigenvalue weighted by molar-refractivity contribution is 8.15. The molecule has 3 aromatic rings. The van der Waals surface area contributed by atoms with E-state index in [-0.39, 0.29) is 16.4 Å². The first kappa shape index (κ1) is 16.7. The Labute approximate surface area is 154 Å². The summed E-state index contributed by atoms with van der Waals surface area (Å²) >= 11 is 1.04. The van der Waals surface area contributed by atoms with E-state index in [0.717, 1.165) is 39.8 Å². The van der Waals surface area contributed by atoms with Crippen LogP contribution in [0.3, 0.4) is 0 Å². The lowest BCUT2D eigenvalue weighted by Gasteiger charge is -2.09. The van der Waals surface area contributed by atoms with Gasteiger partial charge in [-0.2, -0.15) is 0 Å². The fraction of sp³-hybridized carbons (Fsp3) is 0.211. The second-order valence-corrected chi connectivity index (χ2v) is 7.31. The first-order valence-electron chi connectivity index (χ1n) is 8.23. The van der Waals surface area contributed by atoms with Crippen molar-refractivity contribution in [2.75, 3.05) is 0 Å². The number of pyridine rings is 1. The number of fused-ring (bicyclic) bond motifs is 1. The van der Waals surface area contributed by atoms with E-state index in [1.807, 2.05) is 48.0 Å². The Morgan fingerprint density at radius 3 is 2.73 bits per heavy atom. The van der Waals surface area contributed by atoms with Crippen LogP contribution in [0, 0.1) is 0 Å². The number of ether oxygens (including phenoxy) is 1. The molecule has 3 heterocycles. The predicted octanol–water partition coefficient (Wildman–Crippen LogP) is 3.05. The van der Waals surface area contributed by atoms with Crippen molar-refractivity contribution in [3.05, 3.63) is 59.9 Å². The first-order chi connectivity index (χ1) is 12.6. The number of nitrogens with one attached hydrogen (secondary N) is 1. The number of aromatic nitrogens is 2. The second-order valence-electron chi connectivity index (χ2n) is 6.13. The van der Waals surface area contributed by atoms with E-state index in [1.54, 1.807) is 6.20 Å². The van der Waals surface area contributed by atoms with Crippen molar-refractivity contribution in [3.8, 4) is 5.75 Å². The summed E-state index contributed by atoms with van der Waals surface area (Å²) < 4.78 is 7.90. The van der Waals surface area contributed by atoms with Crippen LogP contribution in [0.1, 0.15) is 11.3 Å². The molecule has 6 nitrogen and oxygen atoms in total. The Morgan fingerprint density at radius 2 is 2.04 bits per heavy atom. The maximum Gasteiger partial charge on any atom is 0.286 e. The molecule has 1 atom stereocenters. The molecule has 132 valence electrons. The predicted molar refractivity (Wildman–Crippen MR) is 100 cm³/mol. The van der Waals surface area contributed by atoms with Crippen molar-refractivity contribution < 1.29 is 14.3 Å². The Bertz CT molecular complexity index is 981. The highest BCUT2D eigenvalue weighted by Crippen LogP contribution is 2.24. The van der Waals surface area contributed by atoms with E-state index < -0.39 is 0 Å². The monoisotopic (exact) mass is 367 g/mol. The fourth-order valence-electron chi connectivity index (χ4n) is 2.97. The lowest BCUT2D eigenvalue weighted by molar-refractivity contribution is -0.118. The van der Waals surface area contributed by atoms with E-state index in [2.05, 4.69) is 16.4 Å². The van der Waals surface area contributed by atoms with Crippen LogP contribution in [0.2, 0.25) is 0 Å². The Morgan fingerprint density at radius 1 is 1.23 bits per heavy atom. The standard InChI is InChI=1S/C19H17N3O3S/c1-22-14(10-13-3-2-8-20-17(13)22)11-25-15-6-4-12(5-7-15)9-16-18(23)21-19(24)26-16/h2-8,10,16H,9,11H2,1H3,(H,21,23,24). The van der Waals surface area contributed by atoms with E-state index in [0.29, 0.717) is 13.0 Å². The van der Waals surface area contributed by atoms with Gasteiger partial charge in [0.05, 0.1) is 10.9 Å². The van der Waals surface area contributed by atoms with Gasteiger partial charge >= 0.3 is 0 Å². The van der Waals surface area contributed by atoms with Gasteiger partial charge in [0.2, 0.25) is 5.91 Å². The first-order valence-corrected chi connectivity index (χ1v) is 9.10. The molecule has 0 radical (unpaired) electrons. The molecule has 0 bridgehead atoms. The molecule has 1 aromatic carbocycles. The summed E-state index contributed by atoms with van der Waals surface area (Å²) in [7, 11) is 1.97. The van der Waals surface area contributed by atoms with Crippen molar-refractivity contribution in [1.82, 2.24) is 14.9 Å². The molecule has 4 rings (SSSR count). The van der Waals surface area contributed by atoms with Gasteiger partial charge < -0.3 is 9.30 Å². The summed E-state index contributed by atoms with van der Waals surface area (Å²) in [6.07, 6.45) is 2.31. The summed E-state index contributed by atoms with van der Waals surface area (Å²) in [5.74, 6) is 0.538. The van der Waals surface area contributed by atoms with Crippen LogP contribution >= 0.6 is 11.8 Å². The third-order valence-corrected chi connectivity index (χ3v) is 5.37. The normalized spacial score (nSPS) is 16.9. The molecule has 0 saturated carbocycles. The molecule has 1 saturated heterocycles. The van der Waals surface area contributed by atoms with Crippen molar-refractivity contribution in [2.24, 2.45) is 7.05 Å². The Kier molecular flexibility index (Phi) is 4.38. The summed E-state index contributed by atoms with van der Waals surface area (Å²) in [4.78, 5) is 27.2. The zero-order valence-corrected chi connectivity index (χ0v) is 15.0. The average Bonchev–Trinajstić information content (AvgIpc) is 3.13. The summed E-state index contributed by atoms with van der Waals surface area (Å²) in [6.45, 7) is 0.446. The van der Waals surface area contributed by atoms with Gasteiger partial charge in [-0.1, -0.05) is 23.9 Å². The zero-order valence-electron chi connectivity index (χ0n) is 14.1. The molecule has 26 heavy (non-hydrogen) atoms. The lowest BCUT2D eigenvalue weighted by atomic mass is 10.1. The molecule has 0 aliphatic carbocycles. The SMILES string of the molecule is Cn1c(COc2ccc(CC3SC(=O)NC3=O)cc2)cc2cccnc21. The Hall–Kier alpha value is -2.80. The third kappa shape index (κ3) is 3.30. The highest BCUT2D eigenvalue weighted by atomic mass is 32.2. The molecule has 2 aromatic heterocycles. The number of amides is 2. The smallest absolute Gasteiger partial charge is 0.286 e. The summed E-state index contributed by atoms with van der Waals surface area (Å²) in [5, 5.41) is 2.77. The van der Waals surface area contributed by atoms with Crippen LogP contribution in [-0.2, 0) is 24.9 Å². The highest BCUT2D eigenvalue weighted by Gasteiger charge is 2.31. The number of aryl methyl sites for hydroxylation is 1. The van der Waals surface area contributed by atoms with Crippen molar-refractivity contribution in [3.63, 3.8) is 0 Å².